The lowest BCUT2D eigenvalue weighted by atomic mass is 10.1. The third kappa shape index (κ3) is 7.15. The summed E-state index contributed by atoms with van der Waals surface area (Å²) < 4.78 is 14.2. The number of unbranched alkanes of at least 4 members (excludes halogenated alkanes) is 2. The number of hydrogen-bond donors (Lipinski definition) is 1. The fourth-order valence-corrected chi connectivity index (χ4v) is 4.70. The van der Waals surface area contributed by atoms with E-state index in [1.807, 2.05) is 38.1 Å². The average Bonchev–Trinajstić information content (AvgIpc) is 3.25. The number of para-hydroxylation sites is 3. The van der Waals surface area contributed by atoms with Gasteiger partial charge >= 0.3 is 0 Å². The molecule has 0 spiro atoms. The third-order valence-electron chi connectivity index (χ3n) is 6.81. The van der Waals surface area contributed by atoms with Gasteiger partial charge in [-0.3, -0.25) is 4.79 Å². The zero-order chi connectivity index (χ0) is 26.9. The fraction of sp³-hybridized carbons (Fsp3) is 0.375. The molecule has 0 saturated heterocycles. The predicted molar refractivity (Wildman–Crippen MR) is 153 cm³/mol. The number of aryl methyl sites for hydroxylation is 5. The summed E-state index contributed by atoms with van der Waals surface area (Å²) in [5, 5.41) is 2.97. The number of fused-ring (bicyclic) bond motifs is 1. The van der Waals surface area contributed by atoms with Gasteiger partial charge in [-0.25, -0.2) is 4.98 Å². The molecule has 6 heteroatoms. The van der Waals surface area contributed by atoms with Gasteiger partial charge in [0.15, 0.2) is 6.61 Å². The van der Waals surface area contributed by atoms with Crippen LogP contribution in [0.1, 0.15) is 47.3 Å². The molecule has 0 aliphatic heterocycles. The van der Waals surface area contributed by atoms with Gasteiger partial charge in [-0.1, -0.05) is 48.9 Å². The van der Waals surface area contributed by atoms with Crippen molar-refractivity contribution in [3.05, 3.63) is 88.7 Å². The summed E-state index contributed by atoms with van der Waals surface area (Å²) in [5.74, 6) is 2.74. The molecular formula is C32H39N3O3. The number of benzene rings is 3. The summed E-state index contributed by atoms with van der Waals surface area (Å²) in [6, 6.07) is 20.5. The lowest BCUT2D eigenvalue weighted by molar-refractivity contribution is -0.123. The van der Waals surface area contributed by atoms with Crippen LogP contribution >= 0.6 is 0 Å². The van der Waals surface area contributed by atoms with E-state index in [2.05, 4.69) is 60.1 Å². The van der Waals surface area contributed by atoms with Crippen molar-refractivity contribution in [2.24, 2.45) is 0 Å². The van der Waals surface area contributed by atoms with E-state index in [4.69, 9.17) is 14.5 Å². The Hall–Kier alpha value is -3.80. The van der Waals surface area contributed by atoms with Crippen LogP contribution in [0.3, 0.4) is 0 Å². The maximum Gasteiger partial charge on any atom is 0.257 e. The van der Waals surface area contributed by atoms with Gasteiger partial charge in [-0.2, -0.15) is 0 Å². The molecule has 0 unspecified atom stereocenters. The van der Waals surface area contributed by atoms with Crippen molar-refractivity contribution < 1.29 is 14.3 Å². The second-order valence-electron chi connectivity index (χ2n) is 9.96. The van der Waals surface area contributed by atoms with E-state index >= 15 is 0 Å². The zero-order valence-electron chi connectivity index (χ0n) is 23.0. The largest absolute Gasteiger partial charge is 0.491 e. The maximum absolute atomic E-state index is 12.2. The third-order valence-corrected chi connectivity index (χ3v) is 6.81. The van der Waals surface area contributed by atoms with Crippen LogP contribution in [0.4, 0.5) is 0 Å². The highest BCUT2D eigenvalue weighted by atomic mass is 16.5. The Balaban J connectivity index is 1.22. The van der Waals surface area contributed by atoms with Crippen LogP contribution in [-0.2, 0) is 17.8 Å². The highest BCUT2D eigenvalue weighted by Crippen LogP contribution is 2.23. The number of amides is 1. The maximum atomic E-state index is 12.2. The van der Waals surface area contributed by atoms with Crippen molar-refractivity contribution in [1.29, 1.82) is 0 Å². The first-order valence-corrected chi connectivity index (χ1v) is 13.5. The molecule has 0 bridgehead atoms. The zero-order valence-corrected chi connectivity index (χ0v) is 23.0. The smallest absolute Gasteiger partial charge is 0.257 e. The van der Waals surface area contributed by atoms with Crippen LogP contribution in [0.15, 0.2) is 60.7 Å². The van der Waals surface area contributed by atoms with Crippen molar-refractivity contribution in [3.8, 4) is 11.5 Å². The monoisotopic (exact) mass is 513 g/mol. The molecule has 200 valence electrons. The minimum absolute atomic E-state index is 0.0401. The number of rotatable bonds is 13. The molecule has 4 rings (SSSR count). The molecule has 38 heavy (non-hydrogen) atoms. The minimum atomic E-state index is -0.0865. The Morgan fingerprint density at radius 1 is 0.868 bits per heavy atom. The second kappa shape index (κ2) is 13.1. The Morgan fingerprint density at radius 3 is 2.47 bits per heavy atom. The van der Waals surface area contributed by atoms with Gasteiger partial charge in [0.25, 0.3) is 5.91 Å². The van der Waals surface area contributed by atoms with Crippen LogP contribution in [0.2, 0.25) is 0 Å². The summed E-state index contributed by atoms with van der Waals surface area (Å²) in [5.41, 5.74) is 6.63. The normalized spacial score (nSPS) is 11.1. The molecular weight excluding hydrogens is 474 g/mol. The first-order valence-electron chi connectivity index (χ1n) is 13.5. The first-order chi connectivity index (χ1) is 18.4. The molecule has 0 aliphatic rings. The molecule has 0 fully saturated rings. The van der Waals surface area contributed by atoms with E-state index in [0.29, 0.717) is 13.2 Å². The summed E-state index contributed by atoms with van der Waals surface area (Å²) in [6.07, 6.45) is 3.84. The number of nitrogens with zero attached hydrogens (tertiary/aromatic N) is 2. The van der Waals surface area contributed by atoms with E-state index in [9.17, 15) is 4.79 Å². The van der Waals surface area contributed by atoms with Gasteiger partial charge in [0.1, 0.15) is 23.9 Å². The Bertz CT molecular complexity index is 1360. The van der Waals surface area contributed by atoms with Gasteiger partial charge in [-0.15, -0.1) is 0 Å². The van der Waals surface area contributed by atoms with Crippen LogP contribution in [0.25, 0.3) is 11.0 Å². The van der Waals surface area contributed by atoms with E-state index in [1.54, 1.807) is 0 Å². The molecule has 3 aromatic carbocycles. The molecule has 1 amide bonds. The average molecular weight is 514 g/mol. The lowest BCUT2D eigenvalue weighted by Crippen LogP contribution is -2.29. The molecule has 0 radical (unpaired) electrons. The fourth-order valence-electron chi connectivity index (χ4n) is 4.70. The minimum Gasteiger partial charge on any atom is -0.491 e. The van der Waals surface area contributed by atoms with Gasteiger partial charge < -0.3 is 19.4 Å². The number of carbonyl (C=O) groups is 1. The molecule has 0 atom stereocenters. The van der Waals surface area contributed by atoms with Crippen LogP contribution in [-0.4, -0.2) is 35.2 Å². The van der Waals surface area contributed by atoms with Crippen molar-refractivity contribution in [2.45, 2.75) is 59.9 Å². The summed E-state index contributed by atoms with van der Waals surface area (Å²) >= 11 is 0. The molecule has 6 nitrogen and oxygen atoms in total. The van der Waals surface area contributed by atoms with E-state index in [1.165, 1.54) is 0 Å². The molecule has 1 N–H and O–H groups in total. The van der Waals surface area contributed by atoms with E-state index in [-0.39, 0.29) is 12.5 Å². The van der Waals surface area contributed by atoms with Crippen LogP contribution < -0.4 is 14.8 Å². The van der Waals surface area contributed by atoms with Crippen LogP contribution in [0.5, 0.6) is 11.5 Å². The van der Waals surface area contributed by atoms with Crippen molar-refractivity contribution in [1.82, 2.24) is 14.9 Å². The Morgan fingerprint density at radius 2 is 1.66 bits per heavy atom. The molecule has 1 aromatic heterocycles. The number of aromatic nitrogens is 2. The number of imidazole rings is 1. The van der Waals surface area contributed by atoms with Gasteiger partial charge in [-0.05, 0) is 81.0 Å². The van der Waals surface area contributed by atoms with Gasteiger partial charge in [0, 0.05) is 13.0 Å². The van der Waals surface area contributed by atoms with Gasteiger partial charge in [0.2, 0.25) is 0 Å². The summed E-state index contributed by atoms with van der Waals surface area (Å²) in [4.78, 5) is 17.1. The highest BCUT2D eigenvalue weighted by molar-refractivity contribution is 5.77. The van der Waals surface area contributed by atoms with E-state index in [0.717, 1.165) is 82.8 Å². The van der Waals surface area contributed by atoms with Gasteiger partial charge in [0.05, 0.1) is 17.6 Å². The molecule has 4 aromatic rings. The van der Waals surface area contributed by atoms with Crippen molar-refractivity contribution >= 4 is 16.9 Å². The molecule has 0 saturated carbocycles. The molecule has 0 aliphatic carbocycles. The highest BCUT2D eigenvalue weighted by Gasteiger charge is 2.11. The Kier molecular flexibility index (Phi) is 9.41. The first kappa shape index (κ1) is 27.2. The topological polar surface area (TPSA) is 65.4 Å². The SMILES string of the molecule is Cc1ccc(C)c(OCC(=O)NCCCCCc2nc3ccccc3n2CCOc2c(C)cccc2C)c1. The lowest BCUT2D eigenvalue weighted by Gasteiger charge is -2.14. The standard InChI is InChI=1S/C32H39N3O3/c1-23-16-17-24(2)29(21-23)38-22-31(36)33-18-9-5-6-15-30-34-27-13-7-8-14-28(27)35(30)19-20-37-32-25(3)11-10-12-26(32)4/h7-8,10-14,16-17,21H,5-6,9,15,18-20,22H2,1-4H3,(H,33,36). The summed E-state index contributed by atoms with van der Waals surface area (Å²) in [7, 11) is 0. The molecule has 1 heterocycles. The predicted octanol–water partition coefficient (Wildman–Crippen LogP) is 6.26. The second-order valence-corrected chi connectivity index (χ2v) is 9.96. The number of hydrogen-bond acceptors (Lipinski definition) is 4. The van der Waals surface area contributed by atoms with Crippen molar-refractivity contribution in [2.75, 3.05) is 19.8 Å². The number of nitrogens with one attached hydrogen (secondary N) is 1. The number of ether oxygens (including phenoxy) is 2. The Labute approximate surface area is 226 Å². The van der Waals surface area contributed by atoms with Crippen LogP contribution in [0, 0.1) is 27.7 Å². The summed E-state index contributed by atoms with van der Waals surface area (Å²) in [6.45, 7) is 10.2. The van der Waals surface area contributed by atoms with E-state index < -0.39 is 0 Å². The quantitative estimate of drug-likeness (QED) is 0.214. The number of carbonyl (C=O) groups excluding carboxylic acids is 1. The van der Waals surface area contributed by atoms with Crippen molar-refractivity contribution in [3.63, 3.8) is 0 Å².